The number of aromatic nitrogens is 4. The van der Waals surface area contributed by atoms with Crippen molar-refractivity contribution in [3.63, 3.8) is 0 Å². The Morgan fingerprint density at radius 1 is 0.760 bits per heavy atom. The lowest BCUT2D eigenvalue weighted by molar-refractivity contribution is 0.581. The third-order valence-electron chi connectivity index (χ3n) is 3.74. The Morgan fingerprint density at radius 3 is 2.24 bits per heavy atom. The average molecular weight is 329 g/mol. The first-order valence-corrected chi connectivity index (χ1v) is 7.85. The van der Waals surface area contributed by atoms with Crippen molar-refractivity contribution in [1.82, 2.24) is 20.2 Å². The van der Waals surface area contributed by atoms with Crippen molar-refractivity contribution in [3.05, 3.63) is 78.9 Å². The summed E-state index contributed by atoms with van der Waals surface area (Å²) in [6.45, 7) is 0.594. The quantitative estimate of drug-likeness (QED) is 0.600. The van der Waals surface area contributed by atoms with Crippen LogP contribution in [-0.4, -0.2) is 20.2 Å². The first-order chi connectivity index (χ1) is 12.4. The molecule has 0 aliphatic rings. The van der Waals surface area contributed by atoms with Gasteiger partial charge in [0, 0.05) is 36.9 Å². The van der Waals surface area contributed by atoms with E-state index in [1.807, 2.05) is 30.3 Å². The molecular weight excluding hydrogens is 314 g/mol. The van der Waals surface area contributed by atoms with Gasteiger partial charge in [0.2, 0.25) is 5.89 Å². The molecule has 0 fully saturated rings. The van der Waals surface area contributed by atoms with Gasteiger partial charge in [-0.2, -0.15) is 0 Å². The Balaban J connectivity index is 1.46. The van der Waals surface area contributed by atoms with Crippen LogP contribution in [0.5, 0.6) is 0 Å². The van der Waals surface area contributed by atoms with Crippen molar-refractivity contribution in [1.29, 1.82) is 0 Å². The Labute approximate surface area is 144 Å². The van der Waals surface area contributed by atoms with Gasteiger partial charge in [0.1, 0.15) is 0 Å². The monoisotopic (exact) mass is 329 g/mol. The first kappa shape index (κ1) is 15.0. The van der Waals surface area contributed by atoms with E-state index in [2.05, 4.69) is 43.7 Å². The van der Waals surface area contributed by atoms with E-state index < -0.39 is 0 Å². The predicted octanol–water partition coefficient (Wildman–Crippen LogP) is 3.81. The Hall–Kier alpha value is -3.54. The van der Waals surface area contributed by atoms with Gasteiger partial charge in [-0.1, -0.05) is 23.3 Å². The zero-order valence-electron chi connectivity index (χ0n) is 13.3. The molecule has 25 heavy (non-hydrogen) atoms. The summed E-state index contributed by atoms with van der Waals surface area (Å²) in [6, 6.07) is 16.3. The minimum absolute atomic E-state index is 0.390. The lowest BCUT2D eigenvalue weighted by Crippen LogP contribution is -1.99. The average Bonchev–Trinajstić information content (AvgIpc) is 3.17. The Morgan fingerprint density at radius 2 is 1.48 bits per heavy atom. The molecule has 0 spiro atoms. The first-order valence-electron chi connectivity index (χ1n) is 7.85. The fraction of sp³-hybridized carbons (Fsp3) is 0.0526. The molecule has 6 heteroatoms. The molecule has 1 aromatic carbocycles. The van der Waals surface area contributed by atoms with Crippen LogP contribution in [-0.2, 0) is 6.54 Å². The molecule has 0 bridgehead atoms. The summed E-state index contributed by atoms with van der Waals surface area (Å²) in [5, 5.41) is 11.2. The molecule has 1 N–H and O–H groups in total. The smallest absolute Gasteiger partial charge is 0.316 e. The summed E-state index contributed by atoms with van der Waals surface area (Å²) in [5.74, 6) is 0.468. The van der Waals surface area contributed by atoms with Crippen LogP contribution in [0, 0.1) is 0 Å². The minimum atomic E-state index is 0.390. The van der Waals surface area contributed by atoms with Crippen LogP contribution in [0.4, 0.5) is 6.01 Å². The van der Waals surface area contributed by atoms with E-state index in [9.17, 15) is 0 Å². The molecule has 0 aliphatic heterocycles. The minimum Gasteiger partial charge on any atom is -0.403 e. The summed E-state index contributed by atoms with van der Waals surface area (Å²) in [7, 11) is 0. The van der Waals surface area contributed by atoms with Crippen LogP contribution in [0.15, 0.2) is 77.7 Å². The zero-order chi connectivity index (χ0) is 16.9. The van der Waals surface area contributed by atoms with Crippen LogP contribution in [0.3, 0.4) is 0 Å². The van der Waals surface area contributed by atoms with Gasteiger partial charge in [-0.05, 0) is 47.0 Å². The molecular formula is C19H15N5O. The van der Waals surface area contributed by atoms with E-state index in [1.54, 1.807) is 24.8 Å². The van der Waals surface area contributed by atoms with E-state index in [1.165, 1.54) is 0 Å². The largest absolute Gasteiger partial charge is 0.403 e. The summed E-state index contributed by atoms with van der Waals surface area (Å²) >= 11 is 0. The van der Waals surface area contributed by atoms with Gasteiger partial charge in [-0.3, -0.25) is 9.97 Å². The molecule has 0 amide bonds. The number of hydrogen-bond donors (Lipinski definition) is 1. The van der Waals surface area contributed by atoms with Crippen molar-refractivity contribution < 1.29 is 4.42 Å². The molecule has 6 nitrogen and oxygen atoms in total. The van der Waals surface area contributed by atoms with Gasteiger partial charge >= 0.3 is 6.01 Å². The van der Waals surface area contributed by atoms with Crippen molar-refractivity contribution in [3.8, 4) is 22.6 Å². The van der Waals surface area contributed by atoms with Gasteiger partial charge in [0.15, 0.2) is 0 Å². The van der Waals surface area contributed by atoms with Crippen LogP contribution in [0.2, 0.25) is 0 Å². The standard InChI is InChI=1S/C19H15N5O/c1-2-14(12-17(3-1)15-4-8-20-9-5-15)13-22-19-24-23-18(25-19)16-6-10-21-11-7-16/h1-12H,13H2,(H,22,24). The molecule has 0 atom stereocenters. The highest BCUT2D eigenvalue weighted by Gasteiger charge is 2.08. The maximum absolute atomic E-state index is 5.64. The van der Waals surface area contributed by atoms with Crippen LogP contribution >= 0.6 is 0 Å². The third kappa shape index (κ3) is 3.53. The maximum Gasteiger partial charge on any atom is 0.316 e. The lowest BCUT2D eigenvalue weighted by Gasteiger charge is -2.05. The molecule has 0 saturated carbocycles. The second kappa shape index (κ2) is 6.92. The maximum atomic E-state index is 5.64. The lowest BCUT2D eigenvalue weighted by atomic mass is 10.0. The molecule has 0 unspecified atom stereocenters. The van der Waals surface area contributed by atoms with E-state index in [0.29, 0.717) is 18.5 Å². The number of pyridine rings is 2. The molecule has 0 saturated heterocycles. The number of rotatable bonds is 5. The van der Waals surface area contributed by atoms with Gasteiger partial charge in [0.05, 0.1) is 0 Å². The topological polar surface area (TPSA) is 76.7 Å². The number of benzene rings is 1. The second-order valence-electron chi connectivity index (χ2n) is 5.44. The Bertz CT molecular complexity index is 954. The van der Waals surface area contributed by atoms with Crippen molar-refractivity contribution in [2.45, 2.75) is 6.54 Å². The van der Waals surface area contributed by atoms with Crippen LogP contribution < -0.4 is 5.32 Å². The van der Waals surface area contributed by atoms with Gasteiger partial charge in [0.25, 0.3) is 0 Å². The molecule has 3 heterocycles. The molecule has 0 aliphatic carbocycles. The fourth-order valence-electron chi connectivity index (χ4n) is 2.49. The molecule has 4 aromatic rings. The third-order valence-corrected chi connectivity index (χ3v) is 3.74. The predicted molar refractivity (Wildman–Crippen MR) is 94.5 cm³/mol. The van der Waals surface area contributed by atoms with Gasteiger partial charge in [-0.25, -0.2) is 0 Å². The van der Waals surface area contributed by atoms with Crippen LogP contribution in [0.1, 0.15) is 5.56 Å². The van der Waals surface area contributed by atoms with E-state index in [-0.39, 0.29) is 0 Å². The molecule has 122 valence electrons. The Kier molecular flexibility index (Phi) is 4.16. The van der Waals surface area contributed by atoms with Crippen LogP contribution in [0.25, 0.3) is 22.6 Å². The van der Waals surface area contributed by atoms with Gasteiger partial charge in [-0.15, -0.1) is 5.10 Å². The number of nitrogens with zero attached hydrogens (tertiary/aromatic N) is 4. The number of anilines is 1. The highest BCUT2D eigenvalue weighted by Crippen LogP contribution is 2.21. The zero-order valence-corrected chi connectivity index (χ0v) is 13.3. The van der Waals surface area contributed by atoms with E-state index in [0.717, 1.165) is 22.3 Å². The van der Waals surface area contributed by atoms with E-state index >= 15 is 0 Å². The number of hydrogen-bond acceptors (Lipinski definition) is 6. The summed E-state index contributed by atoms with van der Waals surface area (Å²) in [4.78, 5) is 8.03. The van der Waals surface area contributed by atoms with Gasteiger partial charge < -0.3 is 9.73 Å². The van der Waals surface area contributed by atoms with Crippen molar-refractivity contribution >= 4 is 6.01 Å². The highest BCUT2D eigenvalue weighted by atomic mass is 16.4. The SMILES string of the molecule is c1cc(CNc2nnc(-c3ccncc3)o2)cc(-c2ccncc2)c1. The fourth-order valence-corrected chi connectivity index (χ4v) is 2.49. The van der Waals surface area contributed by atoms with Crippen molar-refractivity contribution in [2.75, 3.05) is 5.32 Å². The van der Waals surface area contributed by atoms with Crippen molar-refractivity contribution in [2.24, 2.45) is 0 Å². The highest BCUT2D eigenvalue weighted by molar-refractivity contribution is 5.63. The van der Waals surface area contributed by atoms with E-state index in [4.69, 9.17) is 4.42 Å². The molecule has 4 rings (SSSR count). The summed E-state index contributed by atoms with van der Waals surface area (Å²) in [5.41, 5.74) is 4.24. The molecule has 3 aromatic heterocycles. The number of nitrogens with one attached hydrogen (secondary N) is 1. The second-order valence-corrected chi connectivity index (χ2v) is 5.44. The summed E-state index contributed by atoms with van der Waals surface area (Å²) < 4.78 is 5.64. The molecule has 0 radical (unpaired) electrons. The normalized spacial score (nSPS) is 10.6. The summed E-state index contributed by atoms with van der Waals surface area (Å²) in [6.07, 6.45) is 6.97.